The zero-order valence-electron chi connectivity index (χ0n) is 11.5. The Morgan fingerprint density at radius 1 is 1.35 bits per heavy atom. The number of hydrogen-bond acceptors (Lipinski definition) is 6. The first kappa shape index (κ1) is 14.6. The van der Waals surface area contributed by atoms with Gasteiger partial charge >= 0.3 is 11.7 Å². The first-order chi connectivity index (χ1) is 9.45. The fraction of sp³-hybridized carbons (Fsp3) is 0.500. The van der Waals surface area contributed by atoms with E-state index in [2.05, 4.69) is 4.99 Å². The predicted molar refractivity (Wildman–Crippen MR) is 76.8 cm³/mol. The van der Waals surface area contributed by atoms with E-state index in [4.69, 9.17) is 4.74 Å². The molecule has 108 valence electrons. The molecule has 20 heavy (non-hydrogen) atoms. The fourth-order valence-electron chi connectivity index (χ4n) is 1.94. The zero-order chi connectivity index (χ0) is 14.9. The van der Waals surface area contributed by atoms with Crippen molar-refractivity contribution in [2.75, 3.05) is 12.4 Å². The van der Waals surface area contributed by atoms with Gasteiger partial charge in [-0.25, -0.2) is 9.79 Å². The standard InChI is InChI=1S/C12H15N3O4S/c1-4-19-9(16)6-20-8-5-7-10(13-8)14(2)12(18)15(3)11(7)17/h4-6H2,1-3H3. The third-order valence-corrected chi connectivity index (χ3v) is 3.89. The summed E-state index contributed by atoms with van der Waals surface area (Å²) in [5.74, 6) is 0.206. The number of ether oxygens (including phenoxy) is 1. The molecule has 8 heteroatoms. The van der Waals surface area contributed by atoms with Crippen LogP contribution in [0.5, 0.6) is 0 Å². The molecule has 0 saturated heterocycles. The Labute approximate surface area is 119 Å². The normalized spacial score (nSPS) is 13.1. The summed E-state index contributed by atoms with van der Waals surface area (Å²) in [5, 5.41) is 0.645. The smallest absolute Gasteiger partial charge is 0.332 e. The molecule has 0 N–H and O–H groups in total. The second kappa shape index (κ2) is 5.66. The Balaban J connectivity index is 2.22. The lowest BCUT2D eigenvalue weighted by atomic mass is 10.2. The van der Waals surface area contributed by atoms with Crippen molar-refractivity contribution < 1.29 is 9.53 Å². The Kier molecular flexibility index (Phi) is 4.12. The molecule has 1 aliphatic rings. The number of nitrogens with zero attached hydrogens (tertiary/aromatic N) is 3. The Morgan fingerprint density at radius 3 is 2.70 bits per heavy atom. The van der Waals surface area contributed by atoms with Crippen molar-refractivity contribution in [1.29, 1.82) is 0 Å². The van der Waals surface area contributed by atoms with E-state index in [-0.39, 0.29) is 17.3 Å². The van der Waals surface area contributed by atoms with E-state index < -0.39 is 5.69 Å². The zero-order valence-corrected chi connectivity index (χ0v) is 12.3. The SMILES string of the molecule is CCOC(=O)CSC1=Nc2c(c(=O)n(C)c(=O)n2C)C1. The van der Waals surface area contributed by atoms with Crippen molar-refractivity contribution in [2.24, 2.45) is 19.1 Å². The van der Waals surface area contributed by atoms with Crippen LogP contribution in [0.15, 0.2) is 14.6 Å². The van der Waals surface area contributed by atoms with Crippen molar-refractivity contribution in [1.82, 2.24) is 9.13 Å². The average Bonchev–Trinajstić information content (AvgIpc) is 2.85. The summed E-state index contributed by atoms with van der Waals surface area (Å²) in [6.45, 7) is 2.08. The molecular formula is C12H15N3O4S. The molecule has 0 aliphatic carbocycles. The Hall–Kier alpha value is -1.83. The molecule has 0 aromatic carbocycles. The van der Waals surface area contributed by atoms with Crippen LogP contribution in [0, 0.1) is 0 Å². The van der Waals surface area contributed by atoms with Gasteiger partial charge in [-0.2, -0.15) is 0 Å². The minimum Gasteiger partial charge on any atom is -0.465 e. The second-order valence-corrected chi connectivity index (χ2v) is 5.33. The fourth-order valence-corrected chi connectivity index (χ4v) is 2.70. The number of fused-ring (bicyclic) bond motifs is 1. The van der Waals surface area contributed by atoms with E-state index in [1.807, 2.05) is 0 Å². The number of hydrogen-bond donors (Lipinski definition) is 0. The molecule has 0 fully saturated rings. The number of thioether (sulfide) groups is 1. The van der Waals surface area contributed by atoms with Crippen LogP contribution in [0.3, 0.4) is 0 Å². The van der Waals surface area contributed by atoms with Crippen LogP contribution in [-0.4, -0.2) is 32.5 Å². The minimum absolute atomic E-state index is 0.148. The van der Waals surface area contributed by atoms with Crippen molar-refractivity contribution in [2.45, 2.75) is 13.3 Å². The molecular weight excluding hydrogens is 282 g/mol. The van der Waals surface area contributed by atoms with Crippen LogP contribution in [0.2, 0.25) is 0 Å². The van der Waals surface area contributed by atoms with Gasteiger partial charge < -0.3 is 4.74 Å². The van der Waals surface area contributed by atoms with Crippen LogP contribution in [0.25, 0.3) is 0 Å². The third-order valence-electron chi connectivity index (χ3n) is 2.94. The van der Waals surface area contributed by atoms with E-state index in [0.717, 1.165) is 4.57 Å². The second-order valence-electron chi connectivity index (χ2n) is 4.28. The number of carbonyl (C=O) groups excluding carboxylic acids is 1. The highest BCUT2D eigenvalue weighted by Gasteiger charge is 2.23. The van der Waals surface area contributed by atoms with Crippen LogP contribution < -0.4 is 11.2 Å². The summed E-state index contributed by atoms with van der Waals surface area (Å²) < 4.78 is 7.23. The van der Waals surface area contributed by atoms with Gasteiger partial charge in [0.2, 0.25) is 0 Å². The van der Waals surface area contributed by atoms with Gasteiger partial charge in [0.05, 0.1) is 23.0 Å². The summed E-state index contributed by atoms with van der Waals surface area (Å²) >= 11 is 1.23. The van der Waals surface area contributed by atoms with Gasteiger partial charge in [0, 0.05) is 20.5 Å². The molecule has 0 radical (unpaired) electrons. The molecule has 0 spiro atoms. The molecule has 1 aromatic rings. The molecule has 0 amide bonds. The maximum absolute atomic E-state index is 12.0. The third kappa shape index (κ3) is 2.55. The van der Waals surface area contributed by atoms with Crippen molar-refractivity contribution in [3.63, 3.8) is 0 Å². The van der Waals surface area contributed by atoms with Crippen LogP contribution in [-0.2, 0) is 30.0 Å². The number of esters is 1. The van der Waals surface area contributed by atoms with Gasteiger partial charge in [-0.1, -0.05) is 11.8 Å². The monoisotopic (exact) mass is 297 g/mol. The van der Waals surface area contributed by atoms with E-state index >= 15 is 0 Å². The summed E-state index contributed by atoms with van der Waals surface area (Å²) in [4.78, 5) is 39.3. The predicted octanol–water partition coefficient (Wildman–Crippen LogP) is -0.0336. The van der Waals surface area contributed by atoms with Gasteiger partial charge in [-0.15, -0.1) is 0 Å². The topological polar surface area (TPSA) is 82.7 Å². The molecule has 1 aromatic heterocycles. The van der Waals surface area contributed by atoms with Crippen LogP contribution in [0.4, 0.5) is 5.82 Å². The molecule has 7 nitrogen and oxygen atoms in total. The lowest BCUT2D eigenvalue weighted by Crippen LogP contribution is -2.38. The van der Waals surface area contributed by atoms with Crippen molar-refractivity contribution >= 4 is 28.6 Å². The minimum atomic E-state index is -0.408. The number of rotatable bonds is 3. The summed E-state index contributed by atoms with van der Waals surface area (Å²) in [5.41, 5.74) is -0.256. The maximum atomic E-state index is 12.0. The quantitative estimate of drug-likeness (QED) is 0.731. The Morgan fingerprint density at radius 2 is 2.05 bits per heavy atom. The number of carbonyl (C=O) groups is 1. The Bertz CT molecular complexity index is 702. The van der Waals surface area contributed by atoms with Crippen molar-refractivity contribution in [3.05, 3.63) is 26.4 Å². The summed E-state index contributed by atoms with van der Waals surface area (Å²) in [6, 6.07) is 0. The average molecular weight is 297 g/mol. The molecule has 0 atom stereocenters. The van der Waals surface area contributed by atoms with E-state index in [1.54, 1.807) is 14.0 Å². The lowest BCUT2D eigenvalue weighted by molar-refractivity contribution is -0.139. The highest BCUT2D eigenvalue weighted by molar-refractivity contribution is 8.14. The molecule has 0 unspecified atom stereocenters. The van der Waals surface area contributed by atoms with Crippen LogP contribution >= 0.6 is 11.8 Å². The maximum Gasteiger partial charge on any atom is 0.332 e. The lowest BCUT2D eigenvalue weighted by Gasteiger charge is -2.05. The van der Waals surface area contributed by atoms with Gasteiger partial charge in [0.1, 0.15) is 5.82 Å². The first-order valence-electron chi connectivity index (χ1n) is 6.10. The first-order valence-corrected chi connectivity index (χ1v) is 7.09. The van der Waals surface area contributed by atoms with Crippen LogP contribution in [0.1, 0.15) is 12.5 Å². The summed E-state index contributed by atoms with van der Waals surface area (Å²) in [7, 11) is 3.01. The van der Waals surface area contributed by atoms with E-state index in [1.165, 1.54) is 23.4 Å². The van der Waals surface area contributed by atoms with Gasteiger partial charge in [-0.05, 0) is 6.92 Å². The molecule has 2 heterocycles. The summed E-state index contributed by atoms with van der Waals surface area (Å²) in [6.07, 6.45) is 0.347. The van der Waals surface area contributed by atoms with Gasteiger partial charge in [0.15, 0.2) is 0 Å². The largest absolute Gasteiger partial charge is 0.465 e. The van der Waals surface area contributed by atoms with Gasteiger partial charge in [0.25, 0.3) is 5.56 Å². The van der Waals surface area contributed by atoms with Crippen molar-refractivity contribution in [3.8, 4) is 0 Å². The highest BCUT2D eigenvalue weighted by Crippen LogP contribution is 2.26. The van der Waals surface area contributed by atoms with Gasteiger partial charge in [-0.3, -0.25) is 18.7 Å². The van der Waals surface area contributed by atoms with E-state index in [9.17, 15) is 14.4 Å². The number of aliphatic imine (C=N–C) groups is 1. The molecule has 2 rings (SSSR count). The molecule has 0 bridgehead atoms. The molecule has 0 saturated carbocycles. The molecule has 1 aliphatic heterocycles. The highest BCUT2D eigenvalue weighted by atomic mass is 32.2. The van der Waals surface area contributed by atoms with E-state index in [0.29, 0.717) is 29.5 Å². The number of aromatic nitrogens is 2.